The minimum Gasteiger partial charge on any atom is -0.462 e. The number of benzene rings is 1. The minimum absolute atomic E-state index is 0.135. The van der Waals surface area contributed by atoms with Crippen molar-refractivity contribution in [1.29, 1.82) is 0 Å². The van der Waals surface area contributed by atoms with E-state index in [1.54, 1.807) is 19.2 Å². The number of aromatic nitrogens is 2. The van der Waals surface area contributed by atoms with E-state index in [2.05, 4.69) is 9.97 Å². The number of Topliss-reactive ketones (excluding diaryl/α,β-unsaturated/α-hetero) is 1. The molecule has 1 aromatic carbocycles. The van der Waals surface area contributed by atoms with Gasteiger partial charge >= 0.3 is 5.97 Å². The predicted octanol–water partition coefficient (Wildman–Crippen LogP) is 3.27. The van der Waals surface area contributed by atoms with Crippen molar-refractivity contribution >= 4 is 17.6 Å². The molecule has 0 unspecified atom stereocenters. The lowest BCUT2D eigenvalue weighted by Gasteiger charge is -2.20. The second-order valence-corrected chi connectivity index (χ2v) is 6.26. The van der Waals surface area contributed by atoms with Crippen molar-refractivity contribution in [2.45, 2.75) is 38.5 Å². The average molecular weight is 357 g/mol. The van der Waals surface area contributed by atoms with Crippen molar-refractivity contribution in [1.82, 2.24) is 9.97 Å². The van der Waals surface area contributed by atoms with E-state index in [0.29, 0.717) is 24.1 Å². The van der Waals surface area contributed by atoms with Crippen LogP contribution in [0, 0.1) is 5.82 Å². The van der Waals surface area contributed by atoms with Crippen molar-refractivity contribution in [3.63, 3.8) is 0 Å². The van der Waals surface area contributed by atoms with Crippen LogP contribution < -0.4 is 5.73 Å². The van der Waals surface area contributed by atoms with Crippen molar-refractivity contribution in [2.75, 3.05) is 12.3 Å². The molecule has 2 N–H and O–H groups in total. The van der Waals surface area contributed by atoms with Gasteiger partial charge in [-0.1, -0.05) is 6.07 Å². The van der Waals surface area contributed by atoms with Gasteiger partial charge in [-0.2, -0.15) is 0 Å². The summed E-state index contributed by atoms with van der Waals surface area (Å²) >= 11 is 0. The van der Waals surface area contributed by atoms with Gasteiger partial charge in [0.15, 0.2) is 0 Å². The quantitative estimate of drug-likeness (QED) is 0.844. The van der Waals surface area contributed by atoms with Crippen LogP contribution in [0.4, 0.5) is 10.2 Å². The van der Waals surface area contributed by atoms with E-state index in [1.807, 2.05) is 0 Å². The van der Waals surface area contributed by atoms with Gasteiger partial charge in [0.2, 0.25) is 0 Å². The lowest BCUT2D eigenvalue weighted by molar-refractivity contribution is -0.120. The number of carbonyl (C=O) groups is 2. The van der Waals surface area contributed by atoms with Crippen LogP contribution in [0.3, 0.4) is 0 Å². The van der Waals surface area contributed by atoms with Gasteiger partial charge < -0.3 is 10.5 Å². The molecule has 0 amide bonds. The smallest absolute Gasteiger partial charge is 0.341 e. The first-order chi connectivity index (χ1) is 12.5. The number of halogens is 1. The molecule has 1 heterocycles. The number of carbonyl (C=O) groups excluding carboxylic acids is 2. The van der Waals surface area contributed by atoms with Crippen LogP contribution in [-0.2, 0) is 9.53 Å². The average Bonchev–Trinajstić information content (AvgIpc) is 2.63. The summed E-state index contributed by atoms with van der Waals surface area (Å²) in [5.41, 5.74) is 7.35. The zero-order valence-corrected chi connectivity index (χ0v) is 14.5. The van der Waals surface area contributed by atoms with Crippen molar-refractivity contribution in [3.05, 3.63) is 41.5 Å². The third kappa shape index (κ3) is 3.71. The Balaban J connectivity index is 1.91. The van der Waals surface area contributed by atoms with Crippen molar-refractivity contribution in [2.24, 2.45) is 0 Å². The van der Waals surface area contributed by atoms with Crippen molar-refractivity contribution in [3.8, 4) is 11.3 Å². The number of rotatable bonds is 4. The van der Waals surface area contributed by atoms with Crippen LogP contribution in [0.1, 0.15) is 54.6 Å². The van der Waals surface area contributed by atoms with Crippen LogP contribution in [0.2, 0.25) is 0 Å². The molecular formula is C19H20FN3O3. The van der Waals surface area contributed by atoms with Gasteiger partial charge in [-0.3, -0.25) is 4.79 Å². The highest BCUT2D eigenvalue weighted by Gasteiger charge is 2.23. The summed E-state index contributed by atoms with van der Waals surface area (Å²) in [6.07, 6.45) is 4.15. The Bertz CT molecular complexity index is 844. The van der Waals surface area contributed by atoms with Gasteiger partial charge in [0.05, 0.1) is 24.1 Å². The summed E-state index contributed by atoms with van der Waals surface area (Å²) < 4.78 is 19.1. The van der Waals surface area contributed by atoms with Crippen LogP contribution >= 0.6 is 0 Å². The van der Waals surface area contributed by atoms with Gasteiger partial charge in [0.25, 0.3) is 0 Å². The number of ether oxygens (including phenoxy) is 1. The number of anilines is 1. The first-order valence-corrected chi connectivity index (χ1v) is 8.60. The Labute approximate surface area is 150 Å². The molecule has 0 bridgehead atoms. The van der Waals surface area contributed by atoms with Crippen LogP contribution in [0.5, 0.6) is 0 Å². The standard InChI is InChI=1S/C19H20FN3O3/c1-2-26-19(25)14-8-5-12(9-15(14)20)17-18(21)22-10-16(23-17)11-3-6-13(24)7-4-11/h5,8-11H,2-4,6-7H2,1H3,(H2,21,22). The first kappa shape index (κ1) is 18.0. The summed E-state index contributed by atoms with van der Waals surface area (Å²) in [6.45, 7) is 1.83. The fraction of sp³-hybridized carbons (Fsp3) is 0.368. The summed E-state index contributed by atoms with van der Waals surface area (Å²) in [7, 11) is 0. The van der Waals surface area contributed by atoms with E-state index >= 15 is 0 Å². The van der Waals surface area contributed by atoms with E-state index in [4.69, 9.17) is 10.5 Å². The van der Waals surface area contributed by atoms with E-state index < -0.39 is 11.8 Å². The molecule has 6 nitrogen and oxygen atoms in total. The molecule has 1 aliphatic rings. The lowest BCUT2D eigenvalue weighted by atomic mass is 9.86. The summed E-state index contributed by atoms with van der Waals surface area (Å²) in [5.74, 6) is -0.819. The number of hydrogen-bond donors (Lipinski definition) is 1. The molecule has 1 saturated carbocycles. The van der Waals surface area contributed by atoms with Gasteiger partial charge in [-0.15, -0.1) is 0 Å². The molecular weight excluding hydrogens is 337 g/mol. The molecule has 1 aromatic heterocycles. The zero-order chi connectivity index (χ0) is 18.7. The highest BCUT2D eigenvalue weighted by molar-refractivity contribution is 5.90. The normalized spacial score (nSPS) is 15.1. The SMILES string of the molecule is CCOC(=O)c1ccc(-c2nc(C3CCC(=O)CC3)cnc2N)cc1F. The number of hydrogen-bond acceptors (Lipinski definition) is 6. The molecule has 1 fully saturated rings. The summed E-state index contributed by atoms with van der Waals surface area (Å²) in [6, 6.07) is 4.14. The van der Waals surface area contributed by atoms with Gasteiger partial charge in [0.1, 0.15) is 23.1 Å². The number of nitrogens with two attached hydrogens (primary N) is 1. The topological polar surface area (TPSA) is 95.2 Å². The van der Waals surface area contributed by atoms with Gasteiger partial charge in [0, 0.05) is 24.3 Å². The fourth-order valence-corrected chi connectivity index (χ4v) is 3.09. The van der Waals surface area contributed by atoms with Crippen molar-refractivity contribution < 1.29 is 18.7 Å². The number of esters is 1. The van der Waals surface area contributed by atoms with E-state index in [-0.39, 0.29) is 29.7 Å². The minimum atomic E-state index is -0.712. The molecule has 7 heteroatoms. The van der Waals surface area contributed by atoms with E-state index in [1.165, 1.54) is 12.1 Å². The summed E-state index contributed by atoms with van der Waals surface area (Å²) in [4.78, 5) is 31.9. The monoisotopic (exact) mass is 357 g/mol. The molecule has 0 atom stereocenters. The highest BCUT2D eigenvalue weighted by atomic mass is 19.1. The second-order valence-electron chi connectivity index (χ2n) is 6.26. The Morgan fingerprint density at radius 2 is 2.08 bits per heavy atom. The third-order valence-corrected chi connectivity index (χ3v) is 4.52. The maximum atomic E-state index is 14.3. The Kier molecular flexibility index (Phi) is 5.25. The molecule has 2 aromatic rings. The Hall–Kier alpha value is -2.83. The molecule has 1 aliphatic carbocycles. The van der Waals surface area contributed by atoms with Crippen LogP contribution in [0.15, 0.2) is 24.4 Å². The molecule has 0 aliphatic heterocycles. The zero-order valence-electron chi connectivity index (χ0n) is 14.5. The van der Waals surface area contributed by atoms with E-state index in [9.17, 15) is 14.0 Å². The maximum absolute atomic E-state index is 14.3. The fourth-order valence-electron chi connectivity index (χ4n) is 3.09. The predicted molar refractivity (Wildman–Crippen MR) is 94.0 cm³/mol. The third-order valence-electron chi connectivity index (χ3n) is 4.52. The van der Waals surface area contributed by atoms with Crippen LogP contribution in [-0.4, -0.2) is 28.3 Å². The molecule has 0 radical (unpaired) electrons. The van der Waals surface area contributed by atoms with E-state index in [0.717, 1.165) is 18.5 Å². The molecule has 26 heavy (non-hydrogen) atoms. The maximum Gasteiger partial charge on any atom is 0.341 e. The molecule has 0 spiro atoms. The molecule has 0 saturated heterocycles. The Morgan fingerprint density at radius 3 is 2.73 bits per heavy atom. The molecule has 3 rings (SSSR count). The lowest BCUT2D eigenvalue weighted by Crippen LogP contribution is -2.14. The second kappa shape index (κ2) is 7.59. The first-order valence-electron chi connectivity index (χ1n) is 8.60. The number of nitrogen functional groups attached to an aromatic ring is 1. The van der Waals surface area contributed by atoms with Gasteiger partial charge in [-0.25, -0.2) is 19.2 Å². The molecule has 136 valence electrons. The van der Waals surface area contributed by atoms with Crippen LogP contribution in [0.25, 0.3) is 11.3 Å². The number of nitrogens with zero attached hydrogens (tertiary/aromatic N) is 2. The highest BCUT2D eigenvalue weighted by Crippen LogP contribution is 2.32. The number of ketones is 1. The Morgan fingerprint density at radius 1 is 1.35 bits per heavy atom. The largest absolute Gasteiger partial charge is 0.462 e. The van der Waals surface area contributed by atoms with Gasteiger partial charge in [-0.05, 0) is 31.9 Å². The summed E-state index contributed by atoms with van der Waals surface area (Å²) in [5, 5.41) is 0.